The molecule has 0 saturated heterocycles. The summed E-state index contributed by atoms with van der Waals surface area (Å²) in [5.74, 6) is 2.07. The van der Waals surface area contributed by atoms with Crippen molar-refractivity contribution in [2.45, 2.75) is 130 Å². The number of nitrogens with zero attached hydrogens (tertiary/aromatic N) is 3. The zero-order valence-corrected chi connectivity index (χ0v) is 32.7. The highest BCUT2D eigenvalue weighted by molar-refractivity contribution is 7.15. The second-order valence-electron chi connectivity index (χ2n) is 17.1. The highest BCUT2D eigenvalue weighted by Gasteiger charge is 2.51. The molecular formula is C42H58N4O4S. The van der Waals surface area contributed by atoms with E-state index in [2.05, 4.69) is 76.1 Å². The molecule has 0 aliphatic heterocycles. The summed E-state index contributed by atoms with van der Waals surface area (Å²) in [6.07, 6.45) is 13.6. The second-order valence-corrected chi connectivity index (χ2v) is 18.2. The van der Waals surface area contributed by atoms with Crippen LogP contribution in [0.2, 0.25) is 0 Å². The smallest absolute Gasteiger partial charge is 0.407 e. The second kappa shape index (κ2) is 15.3. The molecule has 2 bridgehead atoms. The van der Waals surface area contributed by atoms with Crippen LogP contribution in [0, 0.1) is 23.7 Å². The Bertz CT molecular complexity index is 1660. The Morgan fingerprint density at radius 2 is 1.71 bits per heavy atom. The number of fused-ring (bicyclic) bond motifs is 3. The molecule has 0 radical (unpaired) electrons. The number of nitrogens with one attached hydrogen (secondary N) is 1. The van der Waals surface area contributed by atoms with Crippen molar-refractivity contribution in [3.05, 3.63) is 58.9 Å². The summed E-state index contributed by atoms with van der Waals surface area (Å²) in [6, 6.07) is 10.9. The maximum absolute atomic E-state index is 14.7. The first-order chi connectivity index (χ1) is 24.3. The number of thiazole rings is 1. The zero-order chi connectivity index (χ0) is 36.4. The van der Waals surface area contributed by atoms with E-state index < -0.39 is 0 Å². The van der Waals surface area contributed by atoms with Gasteiger partial charge in [-0.1, -0.05) is 46.8 Å². The highest BCUT2D eigenvalue weighted by Crippen LogP contribution is 2.58. The van der Waals surface area contributed by atoms with Crippen LogP contribution < -0.4 is 15.0 Å². The fourth-order valence-corrected chi connectivity index (χ4v) is 9.45. The third-order valence-electron chi connectivity index (χ3n) is 11.9. The Morgan fingerprint density at radius 1 is 1.00 bits per heavy atom. The van der Waals surface area contributed by atoms with Crippen molar-refractivity contribution in [1.82, 2.24) is 15.3 Å². The van der Waals surface area contributed by atoms with Gasteiger partial charge >= 0.3 is 6.09 Å². The lowest BCUT2D eigenvalue weighted by atomic mass is 9.51. The van der Waals surface area contributed by atoms with Gasteiger partial charge in [-0.05, 0) is 129 Å². The van der Waals surface area contributed by atoms with Gasteiger partial charge in [0.1, 0.15) is 17.7 Å². The summed E-state index contributed by atoms with van der Waals surface area (Å²) in [7, 11) is 1.74. The van der Waals surface area contributed by atoms with Crippen molar-refractivity contribution in [2.24, 2.45) is 16.7 Å². The van der Waals surface area contributed by atoms with Crippen LogP contribution in [0.4, 0.5) is 10.6 Å². The van der Waals surface area contributed by atoms with E-state index in [-0.39, 0.29) is 40.3 Å². The number of hydrogen-bond donors (Lipinski definition) is 1. The molecule has 2 amide bonds. The van der Waals surface area contributed by atoms with Crippen LogP contribution in [0.5, 0.6) is 5.75 Å². The fraction of sp³-hybridized carbons (Fsp3) is 0.619. The molecule has 51 heavy (non-hydrogen) atoms. The van der Waals surface area contributed by atoms with E-state index in [0.717, 1.165) is 72.0 Å². The SMILES string of the molecule is COc1ccc(C23CCC(CN(C(=O)C4CCC(OC(=O)NCCC(C)(C)C)CC4)c4cc(-c5cnc(C(C)C)s5)ccn4)(CC2)CC3)cc1C. The summed E-state index contributed by atoms with van der Waals surface area (Å²) in [4.78, 5) is 39.9. The molecule has 2 aromatic heterocycles. The Balaban J connectivity index is 1.18. The van der Waals surface area contributed by atoms with Crippen molar-refractivity contribution in [3.63, 3.8) is 0 Å². The molecule has 0 unspecified atom stereocenters. The lowest BCUT2D eigenvalue weighted by molar-refractivity contribution is -0.124. The minimum absolute atomic E-state index is 0.0668. The predicted octanol–water partition coefficient (Wildman–Crippen LogP) is 9.99. The average molecular weight is 715 g/mol. The molecule has 4 saturated carbocycles. The number of methoxy groups -OCH3 is 1. The van der Waals surface area contributed by atoms with Gasteiger partial charge in [0.2, 0.25) is 5.91 Å². The van der Waals surface area contributed by atoms with Crippen LogP contribution in [-0.4, -0.2) is 48.3 Å². The van der Waals surface area contributed by atoms with E-state index in [0.29, 0.717) is 44.7 Å². The molecule has 1 N–H and O–H groups in total. The van der Waals surface area contributed by atoms with Crippen LogP contribution in [0.15, 0.2) is 42.7 Å². The minimum atomic E-state index is -0.352. The van der Waals surface area contributed by atoms with Crippen molar-refractivity contribution < 1.29 is 19.1 Å². The van der Waals surface area contributed by atoms with Crippen molar-refractivity contribution >= 4 is 29.2 Å². The van der Waals surface area contributed by atoms with Gasteiger partial charge in [-0.2, -0.15) is 0 Å². The molecule has 4 fully saturated rings. The quantitative estimate of drug-likeness (QED) is 0.213. The maximum atomic E-state index is 14.7. The van der Waals surface area contributed by atoms with E-state index in [1.165, 1.54) is 11.1 Å². The summed E-state index contributed by atoms with van der Waals surface area (Å²) < 4.78 is 11.4. The monoisotopic (exact) mass is 714 g/mol. The summed E-state index contributed by atoms with van der Waals surface area (Å²) in [5.41, 5.74) is 4.09. The molecule has 7 rings (SSSR count). The standard InChI is InChI=1S/C42H58N4O4S/c1-28(2)37-45-26-35(51-37)31-14-22-43-36(25-31)46(38(47)30-8-11-33(12-9-30)50-39(48)44-23-21-40(4,5)6)27-41-15-18-42(19-16-41,20-17-41)32-10-13-34(49-7)29(3)24-32/h10,13-14,22,24-26,28,30,33H,8-9,11-12,15-21,23,27H2,1-7H3,(H,44,48). The molecule has 4 aliphatic rings. The van der Waals surface area contributed by atoms with Crippen LogP contribution in [-0.2, 0) is 14.9 Å². The third-order valence-corrected chi connectivity index (χ3v) is 13.3. The Morgan fingerprint density at radius 3 is 2.31 bits per heavy atom. The van der Waals surface area contributed by atoms with Gasteiger partial charge in [0, 0.05) is 37.3 Å². The van der Waals surface area contributed by atoms with Crippen LogP contribution in [0.25, 0.3) is 10.4 Å². The van der Waals surface area contributed by atoms with Crippen LogP contribution in [0.1, 0.15) is 127 Å². The van der Waals surface area contributed by atoms with E-state index in [9.17, 15) is 9.59 Å². The van der Waals surface area contributed by atoms with E-state index in [4.69, 9.17) is 14.5 Å². The number of benzene rings is 1. The maximum Gasteiger partial charge on any atom is 0.407 e. The number of amides is 2. The number of alkyl carbamates (subject to hydrolysis) is 1. The lowest BCUT2D eigenvalue weighted by Gasteiger charge is -2.55. The van der Waals surface area contributed by atoms with Gasteiger partial charge in [0.25, 0.3) is 0 Å². The number of aromatic nitrogens is 2. The number of rotatable bonds is 11. The number of anilines is 1. The molecular weight excluding hydrogens is 657 g/mol. The molecule has 0 atom stereocenters. The Hall–Kier alpha value is -3.46. The molecule has 8 nitrogen and oxygen atoms in total. The summed E-state index contributed by atoms with van der Waals surface area (Å²) in [5, 5.41) is 4.02. The lowest BCUT2D eigenvalue weighted by Crippen LogP contribution is -2.52. The summed E-state index contributed by atoms with van der Waals surface area (Å²) >= 11 is 1.71. The Kier molecular flexibility index (Phi) is 11.2. The molecule has 1 aromatic carbocycles. The number of carbonyl (C=O) groups excluding carboxylic acids is 2. The first-order valence-corrected chi connectivity index (χ1v) is 19.9. The first kappa shape index (κ1) is 37.3. The average Bonchev–Trinajstić information content (AvgIpc) is 3.62. The van der Waals surface area contributed by atoms with Gasteiger partial charge in [-0.15, -0.1) is 11.3 Å². The van der Waals surface area contributed by atoms with Gasteiger partial charge in [-0.3, -0.25) is 9.69 Å². The fourth-order valence-electron chi connectivity index (χ4n) is 8.54. The van der Waals surface area contributed by atoms with Crippen molar-refractivity contribution in [2.75, 3.05) is 25.1 Å². The number of carbonyl (C=O) groups is 2. The van der Waals surface area contributed by atoms with Crippen LogP contribution >= 0.6 is 11.3 Å². The molecule has 3 aromatic rings. The predicted molar refractivity (Wildman–Crippen MR) is 206 cm³/mol. The van der Waals surface area contributed by atoms with Gasteiger partial charge in [0.15, 0.2) is 0 Å². The zero-order valence-electron chi connectivity index (χ0n) is 31.8. The van der Waals surface area contributed by atoms with E-state index in [1.807, 2.05) is 23.4 Å². The molecule has 4 aliphatic carbocycles. The third kappa shape index (κ3) is 8.61. The first-order valence-electron chi connectivity index (χ1n) is 19.1. The molecule has 0 spiro atoms. The Labute approximate surface area is 309 Å². The highest BCUT2D eigenvalue weighted by atomic mass is 32.1. The van der Waals surface area contributed by atoms with E-state index in [1.54, 1.807) is 18.4 Å². The number of ether oxygens (including phenoxy) is 2. The minimum Gasteiger partial charge on any atom is -0.496 e. The topological polar surface area (TPSA) is 93.6 Å². The molecule has 9 heteroatoms. The van der Waals surface area contributed by atoms with Gasteiger partial charge < -0.3 is 14.8 Å². The molecule has 2 heterocycles. The number of pyridine rings is 1. The van der Waals surface area contributed by atoms with E-state index >= 15 is 0 Å². The number of aryl methyl sites for hydroxylation is 1. The van der Waals surface area contributed by atoms with Crippen molar-refractivity contribution in [1.29, 1.82) is 0 Å². The summed E-state index contributed by atoms with van der Waals surface area (Å²) in [6.45, 7) is 14.2. The van der Waals surface area contributed by atoms with Gasteiger partial charge in [0.05, 0.1) is 17.0 Å². The van der Waals surface area contributed by atoms with Crippen LogP contribution in [0.3, 0.4) is 0 Å². The number of hydrogen-bond acceptors (Lipinski definition) is 7. The normalized spacial score (nSPS) is 24.7. The largest absolute Gasteiger partial charge is 0.496 e. The molecule has 276 valence electrons. The van der Waals surface area contributed by atoms with Crippen molar-refractivity contribution in [3.8, 4) is 16.2 Å². The van der Waals surface area contributed by atoms with Gasteiger partial charge in [-0.25, -0.2) is 14.8 Å².